The quantitative estimate of drug-likeness (QED) is 0.715. The van der Waals surface area contributed by atoms with Crippen molar-refractivity contribution in [1.29, 1.82) is 0 Å². The average Bonchev–Trinajstić information content (AvgIpc) is 2.62. The monoisotopic (exact) mass is 349 g/mol. The van der Waals surface area contributed by atoms with Crippen LogP contribution in [0.25, 0.3) is 5.57 Å². The Balaban J connectivity index is 1.96. The average molecular weight is 349 g/mol. The van der Waals surface area contributed by atoms with Gasteiger partial charge in [-0.05, 0) is 36.3 Å². The summed E-state index contributed by atoms with van der Waals surface area (Å²) in [6.07, 6.45) is 0. The minimum absolute atomic E-state index is 0.234. The van der Waals surface area contributed by atoms with Gasteiger partial charge in [-0.3, -0.25) is 4.72 Å². The zero-order valence-corrected chi connectivity index (χ0v) is 14.8. The molecule has 0 heterocycles. The Hall–Kier alpha value is -2.85. The molecule has 4 heteroatoms. The third-order valence-electron chi connectivity index (χ3n) is 3.95. The zero-order valence-electron chi connectivity index (χ0n) is 13.9. The van der Waals surface area contributed by atoms with Crippen molar-refractivity contribution in [3.05, 3.63) is 102 Å². The number of hydrogen-bond acceptors (Lipinski definition) is 2. The number of sulfonamides is 1. The van der Waals surface area contributed by atoms with Crippen LogP contribution in [0.4, 0.5) is 5.69 Å². The third kappa shape index (κ3) is 3.80. The van der Waals surface area contributed by atoms with Gasteiger partial charge in [0.15, 0.2) is 0 Å². The highest BCUT2D eigenvalue weighted by Gasteiger charge is 2.17. The van der Waals surface area contributed by atoms with Crippen molar-refractivity contribution in [1.82, 2.24) is 0 Å². The molecule has 0 aliphatic carbocycles. The van der Waals surface area contributed by atoms with Crippen molar-refractivity contribution < 1.29 is 8.42 Å². The molecule has 3 aromatic rings. The molecule has 0 aliphatic rings. The summed E-state index contributed by atoms with van der Waals surface area (Å²) in [5.74, 6) is 0. The summed E-state index contributed by atoms with van der Waals surface area (Å²) in [5.41, 5.74) is 3.99. The highest BCUT2D eigenvalue weighted by Crippen LogP contribution is 2.29. The summed E-state index contributed by atoms with van der Waals surface area (Å²) in [7, 11) is -3.66. The summed E-state index contributed by atoms with van der Waals surface area (Å²) in [6, 6.07) is 23.7. The van der Waals surface area contributed by atoms with E-state index in [-0.39, 0.29) is 4.90 Å². The summed E-state index contributed by atoms with van der Waals surface area (Å²) < 4.78 is 28.1. The van der Waals surface area contributed by atoms with Crippen molar-refractivity contribution in [3.8, 4) is 0 Å². The van der Waals surface area contributed by atoms with Gasteiger partial charge in [0.2, 0.25) is 0 Å². The summed E-state index contributed by atoms with van der Waals surface area (Å²) in [5, 5.41) is 0. The number of anilines is 1. The highest BCUT2D eigenvalue weighted by atomic mass is 32.2. The predicted octanol–water partition coefficient (Wildman–Crippen LogP) is 4.86. The molecule has 3 aromatic carbocycles. The van der Waals surface area contributed by atoms with Gasteiger partial charge in [-0.1, -0.05) is 72.8 Å². The molecule has 0 amide bonds. The SMILES string of the molecule is C=C(c1ccccc1)c1ccccc1NS(=O)(=O)c1ccc(C)cc1. The van der Waals surface area contributed by atoms with E-state index in [0.717, 1.165) is 22.3 Å². The van der Waals surface area contributed by atoms with Gasteiger partial charge in [0.25, 0.3) is 10.0 Å². The lowest BCUT2D eigenvalue weighted by atomic mass is 9.98. The second kappa shape index (κ2) is 6.95. The van der Waals surface area contributed by atoms with Crippen molar-refractivity contribution >= 4 is 21.3 Å². The van der Waals surface area contributed by atoms with Gasteiger partial charge < -0.3 is 0 Å². The minimum Gasteiger partial charge on any atom is -0.279 e. The summed E-state index contributed by atoms with van der Waals surface area (Å²) >= 11 is 0. The Morgan fingerprint density at radius 2 is 1.44 bits per heavy atom. The van der Waals surface area contributed by atoms with Gasteiger partial charge >= 0.3 is 0 Å². The van der Waals surface area contributed by atoms with Crippen LogP contribution in [-0.4, -0.2) is 8.42 Å². The molecule has 0 unspecified atom stereocenters. The standard InChI is InChI=1S/C21H19NO2S/c1-16-12-14-19(15-13-16)25(23,24)22-21-11-7-6-10-20(21)17(2)18-8-4-3-5-9-18/h3-15,22H,2H2,1H3. The Bertz CT molecular complexity index is 992. The number of benzene rings is 3. The lowest BCUT2D eigenvalue weighted by molar-refractivity contribution is 0.601. The van der Waals surface area contributed by atoms with Crippen LogP contribution in [0, 0.1) is 6.92 Å². The Morgan fingerprint density at radius 3 is 2.12 bits per heavy atom. The molecule has 0 radical (unpaired) electrons. The van der Waals surface area contributed by atoms with E-state index >= 15 is 0 Å². The fraction of sp³-hybridized carbons (Fsp3) is 0.0476. The fourth-order valence-electron chi connectivity index (χ4n) is 2.55. The lowest BCUT2D eigenvalue weighted by Crippen LogP contribution is -2.14. The molecule has 3 rings (SSSR count). The molecule has 0 aromatic heterocycles. The zero-order chi connectivity index (χ0) is 17.9. The van der Waals surface area contributed by atoms with Crippen molar-refractivity contribution in [2.75, 3.05) is 4.72 Å². The van der Waals surface area contributed by atoms with Crippen LogP contribution >= 0.6 is 0 Å². The topological polar surface area (TPSA) is 46.2 Å². The van der Waals surface area contributed by atoms with Gasteiger partial charge in [0.1, 0.15) is 0 Å². The van der Waals surface area contributed by atoms with E-state index in [1.165, 1.54) is 0 Å². The maximum Gasteiger partial charge on any atom is 0.261 e. The maximum atomic E-state index is 12.7. The molecule has 0 fully saturated rings. The van der Waals surface area contributed by atoms with Crippen LogP contribution in [0.15, 0.2) is 90.3 Å². The largest absolute Gasteiger partial charge is 0.279 e. The van der Waals surface area contributed by atoms with Crippen molar-refractivity contribution in [2.45, 2.75) is 11.8 Å². The highest BCUT2D eigenvalue weighted by molar-refractivity contribution is 7.92. The third-order valence-corrected chi connectivity index (χ3v) is 5.33. The second-order valence-electron chi connectivity index (χ2n) is 5.81. The van der Waals surface area contributed by atoms with Crippen LogP contribution in [0.3, 0.4) is 0 Å². The van der Waals surface area contributed by atoms with E-state index in [4.69, 9.17) is 0 Å². The number of hydrogen-bond donors (Lipinski definition) is 1. The summed E-state index contributed by atoms with van der Waals surface area (Å²) in [4.78, 5) is 0.234. The predicted molar refractivity (Wildman–Crippen MR) is 103 cm³/mol. The molecule has 0 saturated carbocycles. The molecular formula is C21H19NO2S. The van der Waals surface area contributed by atoms with E-state index in [1.807, 2.05) is 49.4 Å². The van der Waals surface area contributed by atoms with Gasteiger partial charge in [-0.2, -0.15) is 0 Å². The first-order valence-corrected chi connectivity index (χ1v) is 9.39. The van der Waals surface area contributed by atoms with Crippen LogP contribution in [0.5, 0.6) is 0 Å². The van der Waals surface area contributed by atoms with Crippen molar-refractivity contribution in [3.63, 3.8) is 0 Å². The van der Waals surface area contributed by atoms with E-state index < -0.39 is 10.0 Å². The lowest BCUT2D eigenvalue weighted by Gasteiger charge is -2.14. The molecular weight excluding hydrogens is 330 g/mol. The fourth-order valence-corrected chi connectivity index (χ4v) is 3.63. The normalized spacial score (nSPS) is 11.1. The number of rotatable bonds is 5. The second-order valence-corrected chi connectivity index (χ2v) is 7.49. The maximum absolute atomic E-state index is 12.7. The van der Waals surface area contributed by atoms with Gasteiger partial charge in [-0.15, -0.1) is 0 Å². The first-order valence-electron chi connectivity index (χ1n) is 7.90. The van der Waals surface area contributed by atoms with E-state index in [0.29, 0.717) is 5.69 Å². The first-order chi connectivity index (χ1) is 12.0. The molecule has 0 bridgehead atoms. The number of para-hydroxylation sites is 1. The number of nitrogens with one attached hydrogen (secondary N) is 1. The van der Waals surface area contributed by atoms with E-state index in [9.17, 15) is 8.42 Å². The Kier molecular flexibility index (Phi) is 4.72. The number of aryl methyl sites for hydroxylation is 1. The van der Waals surface area contributed by atoms with Crippen LogP contribution in [0.1, 0.15) is 16.7 Å². The van der Waals surface area contributed by atoms with Gasteiger partial charge in [-0.25, -0.2) is 8.42 Å². The van der Waals surface area contributed by atoms with E-state index in [2.05, 4.69) is 11.3 Å². The molecule has 0 spiro atoms. The Morgan fingerprint density at radius 1 is 0.840 bits per heavy atom. The van der Waals surface area contributed by atoms with E-state index in [1.54, 1.807) is 36.4 Å². The van der Waals surface area contributed by atoms with Gasteiger partial charge in [0.05, 0.1) is 10.6 Å². The van der Waals surface area contributed by atoms with Crippen LogP contribution < -0.4 is 4.72 Å². The van der Waals surface area contributed by atoms with Gasteiger partial charge in [0, 0.05) is 5.56 Å². The molecule has 3 nitrogen and oxygen atoms in total. The summed E-state index contributed by atoms with van der Waals surface area (Å²) in [6.45, 7) is 6.05. The molecule has 0 saturated heterocycles. The molecule has 0 aliphatic heterocycles. The minimum atomic E-state index is -3.66. The molecule has 1 N–H and O–H groups in total. The molecule has 25 heavy (non-hydrogen) atoms. The Labute approximate surface area is 148 Å². The molecule has 126 valence electrons. The smallest absolute Gasteiger partial charge is 0.261 e. The van der Waals surface area contributed by atoms with Crippen LogP contribution in [-0.2, 0) is 10.0 Å². The van der Waals surface area contributed by atoms with Crippen LogP contribution in [0.2, 0.25) is 0 Å². The van der Waals surface area contributed by atoms with Crippen molar-refractivity contribution in [2.24, 2.45) is 0 Å². The molecule has 0 atom stereocenters. The first kappa shape index (κ1) is 17.0.